The van der Waals surface area contributed by atoms with Gasteiger partial charge < -0.3 is 15.2 Å². The highest BCUT2D eigenvalue weighted by Gasteiger charge is 2.37. The minimum absolute atomic E-state index is 0.0130. The molecule has 1 aliphatic carbocycles. The normalized spacial score (nSPS) is 21.6. The third-order valence-electron chi connectivity index (χ3n) is 4.65. The van der Waals surface area contributed by atoms with Crippen molar-refractivity contribution in [2.24, 2.45) is 4.36 Å². The molecule has 2 amide bonds. The summed E-state index contributed by atoms with van der Waals surface area (Å²) >= 11 is 0. The van der Waals surface area contributed by atoms with Gasteiger partial charge in [-0.05, 0) is 31.0 Å². The Morgan fingerprint density at radius 2 is 1.52 bits per heavy atom. The minimum atomic E-state index is -5.02. The lowest BCUT2D eigenvalue weighted by atomic mass is 9.91. The van der Waals surface area contributed by atoms with E-state index in [2.05, 4.69) is 15.0 Å². The van der Waals surface area contributed by atoms with E-state index in [9.17, 15) is 35.7 Å². The number of carbonyl (C=O) groups is 1. The van der Waals surface area contributed by atoms with Crippen LogP contribution >= 0.6 is 0 Å². The molecule has 0 saturated heterocycles. The van der Waals surface area contributed by atoms with Gasteiger partial charge in [0.25, 0.3) is 0 Å². The van der Waals surface area contributed by atoms with Gasteiger partial charge in [-0.15, -0.1) is 0 Å². The number of alkyl halides is 6. The summed E-state index contributed by atoms with van der Waals surface area (Å²) in [6.45, 7) is 5.24. The molecule has 5 nitrogen and oxygen atoms in total. The summed E-state index contributed by atoms with van der Waals surface area (Å²) in [4.78, 5) is 12.3. The summed E-state index contributed by atoms with van der Waals surface area (Å²) in [5, 5.41) is 4.60. The molecule has 2 N–H and O–H groups in total. The van der Waals surface area contributed by atoms with Crippen molar-refractivity contribution < 1.29 is 35.7 Å². The summed E-state index contributed by atoms with van der Waals surface area (Å²) in [5.41, 5.74) is -3.69. The van der Waals surface area contributed by atoms with E-state index in [1.54, 1.807) is 20.8 Å². The van der Waals surface area contributed by atoms with Crippen LogP contribution in [-0.4, -0.2) is 27.4 Å². The molecule has 0 aliphatic heterocycles. The van der Waals surface area contributed by atoms with Crippen molar-refractivity contribution in [3.05, 3.63) is 29.3 Å². The van der Waals surface area contributed by atoms with Crippen LogP contribution in [0.15, 0.2) is 22.6 Å². The van der Waals surface area contributed by atoms with Gasteiger partial charge in [0.1, 0.15) is 0 Å². The van der Waals surface area contributed by atoms with Crippen LogP contribution in [0.25, 0.3) is 0 Å². The Kier molecular flexibility index (Phi) is 7.68. The highest BCUT2D eigenvalue weighted by atomic mass is 32.2. The van der Waals surface area contributed by atoms with Crippen LogP contribution in [0.5, 0.6) is 0 Å². The van der Waals surface area contributed by atoms with Gasteiger partial charge in [0.05, 0.1) is 23.2 Å². The van der Waals surface area contributed by atoms with Crippen molar-refractivity contribution >= 4 is 22.7 Å². The Balaban J connectivity index is 2.21. The van der Waals surface area contributed by atoms with Crippen molar-refractivity contribution in [2.75, 3.05) is 5.32 Å². The zero-order valence-corrected chi connectivity index (χ0v) is 18.0. The molecule has 0 spiro atoms. The van der Waals surface area contributed by atoms with Crippen molar-refractivity contribution in [3.63, 3.8) is 0 Å². The Morgan fingerprint density at radius 1 is 1.00 bits per heavy atom. The Labute approximate surface area is 178 Å². The SMILES string of the molecule is CC(C)(C)S([O-])=N[C@@H]1CCCC[C@H]1NC(=O)Nc1cc(C(F)(F)F)cc(C(F)(F)F)c1. The van der Waals surface area contributed by atoms with E-state index in [1.165, 1.54) is 0 Å². The highest BCUT2D eigenvalue weighted by Crippen LogP contribution is 2.37. The van der Waals surface area contributed by atoms with Crippen LogP contribution in [0.2, 0.25) is 0 Å². The minimum Gasteiger partial charge on any atom is -0.788 e. The Hall–Kier alpha value is -1.82. The van der Waals surface area contributed by atoms with Crippen molar-refractivity contribution in [1.29, 1.82) is 0 Å². The first-order chi connectivity index (χ1) is 14.1. The molecule has 0 aromatic heterocycles. The van der Waals surface area contributed by atoms with Crippen LogP contribution in [0.3, 0.4) is 0 Å². The van der Waals surface area contributed by atoms with E-state index >= 15 is 0 Å². The lowest BCUT2D eigenvalue weighted by Crippen LogP contribution is -2.46. The highest BCUT2D eigenvalue weighted by molar-refractivity contribution is 7.82. The van der Waals surface area contributed by atoms with Gasteiger partial charge in [-0.25, -0.2) is 4.79 Å². The quantitative estimate of drug-likeness (QED) is 0.539. The van der Waals surface area contributed by atoms with Gasteiger partial charge in [0, 0.05) is 10.4 Å². The smallest absolute Gasteiger partial charge is 0.416 e. The Bertz CT molecular complexity index is 801. The molecule has 2 rings (SSSR count). The van der Waals surface area contributed by atoms with Crippen LogP contribution in [0, 0.1) is 0 Å². The summed E-state index contributed by atoms with van der Waals surface area (Å²) in [6.07, 6.45) is -7.41. The van der Waals surface area contributed by atoms with Crippen LogP contribution in [-0.2, 0) is 23.3 Å². The number of nitrogens with one attached hydrogen (secondary N) is 2. The van der Waals surface area contributed by atoms with Gasteiger partial charge in [0.15, 0.2) is 0 Å². The first-order valence-corrected chi connectivity index (χ1v) is 10.7. The molecule has 1 aromatic rings. The zero-order chi connectivity index (χ0) is 23.6. The first kappa shape index (κ1) is 25.4. The number of hydrogen-bond donors (Lipinski definition) is 2. The standard InChI is InChI=1S/C19H25F6N3O2S/c1-17(2,3)31(30)28-15-7-5-4-6-14(15)27-16(29)26-13-9-11(18(20,21)22)8-12(10-13)19(23,24)25/h8-10,14-15H,4-7H2,1-3H3,(H3,26,27,28,29,30)/p-1/t14-,15-,31?/m1/s1. The molecule has 12 heteroatoms. The summed E-state index contributed by atoms with van der Waals surface area (Å²) in [7, 11) is -1.53. The van der Waals surface area contributed by atoms with Gasteiger partial charge in [-0.3, -0.25) is 4.36 Å². The second kappa shape index (κ2) is 9.35. The van der Waals surface area contributed by atoms with E-state index in [1.807, 2.05) is 0 Å². The molecule has 1 unspecified atom stereocenters. The number of urea groups is 1. The van der Waals surface area contributed by atoms with Crippen molar-refractivity contribution in [2.45, 2.75) is 75.6 Å². The lowest BCUT2D eigenvalue weighted by molar-refractivity contribution is -0.143. The average molecular weight is 472 g/mol. The molecular formula is C19H24F6N3O2S-. The predicted octanol–water partition coefficient (Wildman–Crippen LogP) is 5.89. The number of anilines is 1. The fourth-order valence-corrected chi connectivity index (χ4v) is 3.86. The maximum absolute atomic E-state index is 13.0. The zero-order valence-electron chi connectivity index (χ0n) is 17.2. The molecule has 3 atom stereocenters. The fraction of sp³-hybridized carbons (Fsp3) is 0.632. The third-order valence-corrected chi connectivity index (χ3v) is 6.16. The molecule has 1 fully saturated rings. The van der Waals surface area contributed by atoms with Crippen LogP contribution < -0.4 is 10.6 Å². The first-order valence-electron chi connectivity index (χ1n) is 9.57. The van der Waals surface area contributed by atoms with E-state index in [0.717, 1.165) is 12.8 Å². The number of amides is 2. The van der Waals surface area contributed by atoms with Crippen molar-refractivity contribution in [3.8, 4) is 0 Å². The maximum Gasteiger partial charge on any atom is 0.416 e. The van der Waals surface area contributed by atoms with Gasteiger partial charge in [0.2, 0.25) is 0 Å². The Morgan fingerprint density at radius 3 is 2.00 bits per heavy atom. The molecule has 31 heavy (non-hydrogen) atoms. The number of hydrogen-bond acceptors (Lipinski definition) is 3. The van der Waals surface area contributed by atoms with E-state index < -0.39 is 63.0 Å². The lowest BCUT2D eigenvalue weighted by Gasteiger charge is -2.35. The second-order valence-corrected chi connectivity index (χ2v) is 10.3. The number of benzene rings is 1. The second-order valence-electron chi connectivity index (χ2n) is 8.32. The number of rotatable bonds is 3. The van der Waals surface area contributed by atoms with Crippen molar-refractivity contribution in [1.82, 2.24) is 5.32 Å². The van der Waals surface area contributed by atoms with Gasteiger partial charge >= 0.3 is 18.4 Å². The van der Waals surface area contributed by atoms with E-state index in [0.29, 0.717) is 25.0 Å². The van der Waals surface area contributed by atoms with Gasteiger partial charge in [-0.2, -0.15) is 37.3 Å². The van der Waals surface area contributed by atoms with Crippen LogP contribution in [0.4, 0.5) is 36.8 Å². The molecular weight excluding hydrogens is 448 g/mol. The largest absolute Gasteiger partial charge is 0.788 e. The average Bonchev–Trinajstić information content (AvgIpc) is 2.60. The molecule has 0 radical (unpaired) electrons. The number of carbonyl (C=O) groups excluding carboxylic acids is 1. The predicted molar refractivity (Wildman–Crippen MR) is 105 cm³/mol. The maximum atomic E-state index is 13.0. The molecule has 1 saturated carbocycles. The summed E-state index contributed by atoms with van der Waals surface area (Å²) in [6, 6.07) is -1.10. The fourth-order valence-electron chi connectivity index (χ4n) is 3.05. The topological polar surface area (TPSA) is 76.6 Å². The molecule has 1 aliphatic rings. The molecule has 1 aromatic carbocycles. The number of halogens is 6. The monoisotopic (exact) mass is 472 g/mol. The summed E-state index contributed by atoms with van der Waals surface area (Å²) in [5.74, 6) is 0. The molecule has 0 bridgehead atoms. The van der Waals surface area contributed by atoms with Gasteiger partial charge in [-0.1, -0.05) is 33.6 Å². The number of nitrogens with zero attached hydrogens (tertiary/aromatic N) is 1. The van der Waals surface area contributed by atoms with E-state index in [-0.39, 0.29) is 6.07 Å². The third kappa shape index (κ3) is 7.37. The van der Waals surface area contributed by atoms with E-state index in [4.69, 9.17) is 0 Å². The molecule has 176 valence electrons. The molecule has 0 heterocycles. The summed E-state index contributed by atoms with van der Waals surface area (Å²) < 4.78 is 93.9. The van der Waals surface area contributed by atoms with Crippen LogP contribution in [0.1, 0.15) is 57.6 Å².